The molecule has 0 unspecified atom stereocenters. The minimum absolute atomic E-state index is 0.0869. The van der Waals surface area contributed by atoms with Gasteiger partial charge in [-0.1, -0.05) is 34.1 Å². The van der Waals surface area contributed by atoms with Crippen LogP contribution < -0.4 is 10.2 Å². The van der Waals surface area contributed by atoms with Crippen molar-refractivity contribution in [2.75, 3.05) is 17.3 Å². The number of carbonyl (C=O) groups is 2. The Labute approximate surface area is 181 Å². The van der Waals surface area contributed by atoms with Crippen LogP contribution in [0.2, 0.25) is 0 Å². The van der Waals surface area contributed by atoms with E-state index >= 15 is 0 Å². The van der Waals surface area contributed by atoms with Crippen molar-refractivity contribution >= 4 is 49.9 Å². The summed E-state index contributed by atoms with van der Waals surface area (Å²) in [6, 6.07) is 13.6. The third kappa shape index (κ3) is 3.72. The monoisotopic (exact) mass is 469 g/mol. The fourth-order valence-corrected chi connectivity index (χ4v) is 4.55. The molecule has 0 saturated carbocycles. The number of hydrogen-bond acceptors (Lipinski definition) is 4. The topological polar surface area (TPSA) is 62.3 Å². The number of amides is 2. The minimum Gasteiger partial charge on any atom is -0.314 e. The largest absolute Gasteiger partial charge is 0.314 e. The van der Waals surface area contributed by atoms with Gasteiger partial charge in [-0.3, -0.25) is 9.59 Å². The number of rotatable bonds is 4. The molecule has 1 aromatic heterocycles. The first-order chi connectivity index (χ1) is 13.8. The van der Waals surface area contributed by atoms with Crippen LogP contribution in [-0.2, 0) is 21.4 Å². The summed E-state index contributed by atoms with van der Waals surface area (Å²) in [5.74, 6) is -0.0145. The van der Waals surface area contributed by atoms with Gasteiger partial charge in [-0.2, -0.15) is 0 Å². The first-order valence-corrected chi connectivity index (χ1v) is 10.9. The first-order valence-electron chi connectivity index (χ1n) is 9.18. The number of fused-ring (bicyclic) bond motifs is 1. The van der Waals surface area contributed by atoms with Crippen molar-refractivity contribution in [3.8, 4) is 11.3 Å². The number of likely N-dealkylation sites (N-methyl/N-ethyl adjacent to an activating group) is 1. The number of hydrogen-bond donors (Lipinski definition) is 1. The lowest BCUT2D eigenvalue weighted by molar-refractivity contribution is -0.121. The smallest absolute Gasteiger partial charge is 0.236 e. The van der Waals surface area contributed by atoms with Crippen LogP contribution in [0.5, 0.6) is 0 Å². The second-order valence-corrected chi connectivity index (χ2v) is 9.38. The lowest BCUT2D eigenvalue weighted by Gasteiger charge is -2.16. The molecule has 5 nitrogen and oxygen atoms in total. The molecule has 0 atom stereocenters. The maximum absolute atomic E-state index is 12.5. The van der Waals surface area contributed by atoms with E-state index in [1.807, 2.05) is 61.7 Å². The summed E-state index contributed by atoms with van der Waals surface area (Å²) in [4.78, 5) is 31.1. The van der Waals surface area contributed by atoms with Gasteiger partial charge in [0.1, 0.15) is 0 Å². The Bertz CT molecular complexity index is 1110. The van der Waals surface area contributed by atoms with E-state index in [0.717, 1.165) is 32.5 Å². The first kappa shape index (κ1) is 19.8. The van der Waals surface area contributed by atoms with E-state index in [1.54, 1.807) is 11.9 Å². The van der Waals surface area contributed by atoms with Crippen molar-refractivity contribution in [3.05, 3.63) is 63.4 Å². The summed E-state index contributed by atoms with van der Waals surface area (Å²) < 4.78 is 0.983. The van der Waals surface area contributed by atoms with E-state index in [9.17, 15) is 9.59 Å². The SMILES string of the molecule is CN1C(=O)C(C)(C)c2cc(-c3csc(NC(=O)Cc4ccc(Br)cc4)n3)ccc21. The molecule has 0 aliphatic carbocycles. The number of benzene rings is 2. The molecule has 0 spiro atoms. The quantitative estimate of drug-likeness (QED) is 0.583. The molecule has 2 heterocycles. The highest BCUT2D eigenvalue weighted by Crippen LogP contribution is 2.42. The number of aromatic nitrogens is 1. The number of nitrogens with zero attached hydrogens (tertiary/aromatic N) is 2. The molecule has 0 bridgehead atoms. The van der Waals surface area contributed by atoms with Gasteiger partial charge in [0.05, 0.1) is 17.5 Å². The zero-order valence-corrected chi connectivity index (χ0v) is 18.7. The third-order valence-corrected chi connectivity index (χ3v) is 6.48. The summed E-state index contributed by atoms with van der Waals surface area (Å²) >= 11 is 4.78. The third-order valence-electron chi connectivity index (χ3n) is 5.19. The molecular formula is C22H20BrN3O2S. The van der Waals surface area contributed by atoms with Crippen LogP contribution in [0.3, 0.4) is 0 Å². The number of anilines is 2. The molecule has 2 aromatic carbocycles. The van der Waals surface area contributed by atoms with Crippen LogP contribution in [0.1, 0.15) is 25.0 Å². The number of thiazole rings is 1. The fraction of sp³-hybridized carbons (Fsp3) is 0.227. The molecular weight excluding hydrogens is 450 g/mol. The molecule has 0 fully saturated rings. The molecule has 1 aliphatic heterocycles. The van der Waals surface area contributed by atoms with E-state index in [-0.39, 0.29) is 11.8 Å². The average molecular weight is 470 g/mol. The highest BCUT2D eigenvalue weighted by atomic mass is 79.9. The van der Waals surface area contributed by atoms with Crippen molar-refractivity contribution in [2.45, 2.75) is 25.7 Å². The predicted octanol–water partition coefficient (Wildman–Crippen LogP) is 5.01. The molecule has 1 N–H and O–H groups in total. The van der Waals surface area contributed by atoms with Crippen molar-refractivity contribution in [1.29, 1.82) is 0 Å². The van der Waals surface area contributed by atoms with E-state index in [1.165, 1.54) is 11.3 Å². The van der Waals surface area contributed by atoms with Gasteiger partial charge in [0.2, 0.25) is 11.8 Å². The van der Waals surface area contributed by atoms with Crippen molar-refractivity contribution in [3.63, 3.8) is 0 Å². The van der Waals surface area contributed by atoms with Gasteiger partial charge >= 0.3 is 0 Å². The number of carbonyl (C=O) groups excluding carboxylic acids is 2. The van der Waals surface area contributed by atoms with Gasteiger partial charge in [0.25, 0.3) is 0 Å². The zero-order valence-electron chi connectivity index (χ0n) is 16.3. The van der Waals surface area contributed by atoms with Gasteiger partial charge in [0, 0.05) is 28.2 Å². The minimum atomic E-state index is -0.558. The van der Waals surface area contributed by atoms with E-state index < -0.39 is 5.41 Å². The van der Waals surface area contributed by atoms with E-state index in [4.69, 9.17) is 0 Å². The second kappa shape index (κ2) is 7.39. The molecule has 4 rings (SSSR count). The Balaban J connectivity index is 1.51. The highest BCUT2D eigenvalue weighted by Gasteiger charge is 2.42. The van der Waals surface area contributed by atoms with Gasteiger partial charge in [0.15, 0.2) is 5.13 Å². The summed E-state index contributed by atoms with van der Waals surface area (Å²) in [7, 11) is 1.80. The second-order valence-electron chi connectivity index (χ2n) is 7.61. The maximum Gasteiger partial charge on any atom is 0.236 e. The summed E-state index contributed by atoms with van der Waals surface area (Å²) in [5.41, 5.74) is 4.03. The lowest BCUT2D eigenvalue weighted by atomic mass is 9.85. The fourth-order valence-electron chi connectivity index (χ4n) is 3.55. The summed E-state index contributed by atoms with van der Waals surface area (Å²) in [5, 5.41) is 5.36. The molecule has 1 aliphatic rings. The summed E-state index contributed by atoms with van der Waals surface area (Å²) in [6.07, 6.45) is 0.295. The van der Waals surface area contributed by atoms with Crippen LogP contribution in [0.4, 0.5) is 10.8 Å². The molecule has 0 saturated heterocycles. The van der Waals surface area contributed by atoms with Crippen LogP contribution in [0, 0.1) is 0 Å². The molecule has 0 radical (unpaired) electrons. The Kier molecular flexibility index (Phi) is 5.04. The van der Waals surface area contributed by atoms with Crippen molar-refractivity contribution in [1.82, 2.24) is 4.98 Å². The predicted molar refractivity (Wildman–Crippen MR) is 120 cm³/mol. The molecule has 148 valence electrons. The molecule has 29 heavy (non-hydrogen) atoms. The van der Waals surface area contributed by atoms with Crippen molar-refractivity contribution in [2.24, 2.45) is 0 Å². The van der Waals surface area contributed by atoms with E-state index in [2.05, 4.69) is 26.2 Å². The summed E-state index contributed by atoms with van der Waals surface area (Å²) in [6.45, 7) is 3.88. The van der Waals surface area contributed by atoms with Crippen LogP contribution in [-0.4, -0.2) is 23.8 Å². The molecule has 7 heteroatoms. The van der Waals surface area contributed by atoms with Gasteiger partial charge < -0.3 is 10.2 Å². The Hall–Kier alpha value is -2.51. The molecule has 3 aromatic rings. The van der Waals surface area contributed by atoms with E-state index in [0.29, 0.717) is 11.6 Å². The highest BCUT2D eigenvalue weighted by molar-refractivity contribution is 9.10. The number of nitrogens with one attached hydrogen (secondary N) is 1. The Morgan fingerprint density at radius 3 is 2.66 bits per heavy atom. The molecule has 2 amide bonds. The zero-order chi connectivity index (χ0) is 20.8. The Morgan fingerprint density at radius 2 is 1.93 bits per heavy atom. The maximum atomic E-state index is 12.5. The van der Waals surface area contributed by atoms with Crippen LogP contribution in [0.25, 0.3) is 11.3 Å². The Morgan fingerprint density at radius 1 is 1.21 bits per heavy atom. The number of halogens is 1. The average Bonchev–Trinajstić information content (AvgIpc) is 3.22. The standard InChI is InChI=1S/C22H20BrN3O2S/c1-22(2)16-11-14(6-9-18(16)26(3)20(22)28)17-12-29-21(24-17)25-19(27)10-13-4-7-15(23)8-5-13/h4-9,11-12H,10H2,1-3H3,(H,24,25,27). The lowest BCUT2D eigenvalue weighted by Crippen LogP contribution is -2.33. The van der Waals surface area contributed by atoms with Crippen LogP contribution >= 0.6 is 27.3 Å². The van der Waals surface area contributed by atoms with Gasteiger partial charge in [-0.25, -0.2) is 4.98 Å². The van der Waals surface area contributed by atoms with Crippen LogP contribution in [0.15, 0.2) is 52.3 Å². The van der Waals surface area contributed by atoms with Gasteiger partial charge in [-0.15, -0.1) is 11.3 Å². The van der Waals surface area contributed by atoms with Crippen molar-refractivity contribution < 1.29 is 9.59 Å². The van der Waals surface area contributed by atoms with Gasteiger partial charge in [-0.05, 0) is 49.2 Å². The normalized spacial score (nSPS) is 14.8.